The van der Waals surface area contributed by atoms with Gasteiger partial charge in [0.1, 0.15) is 37.4 Å². The number of aliphatic hydroxyl groups excluding tert-OH is 2. The summed E-state index contributed by atoms with van der Waals surface area (Å²) in [6, 6.07) is 0. The van der Waals surface area contributed by atoms with Gasteiger partial charge in [-0.25, -0.2) is 19.1 Å². The summed E-state index contributed by atoms with van der Waals surface area (Å²) in [5, 5.41) is 31.1. The highest BCUT2D eigenvalue weighted by atomic mass is 31.3. The van der Waals surface area contributed by atoms with Crippen LogP contribution in [-0.4, -0.2) is 143 Å². The number of rotatable bonds is 15. The van der Waals surface area contributed by atoms with Crippen molar-refractivity contribution < 1.29 is 105 Å². The third kappa shape index (κ3) is 11.2. The lowest BCUT2D eigenvalue weighted by molar-refractivity contribution is -0.301. The maximum Gasteiger partial charge on any atom is 0.483 e. The molecule has 5 unspecified atom stereocenters. The number of aromatic hydroxyl groups is 1. The van der Waals surface area contributed by atoms with Gasteiger partial charge in [-0.05, 0) is 0 Å². The normalized spacial score (nSPS) is 29.3. The fraction of sp³-hybridized carbons (Fsp3) is 0.630. The van der Waals surface area contributed by atoms with Crippen LogP contribution in [0.15, 0.2) is 12.7 Å². The molecular formula is C27H36N4O22P2. The molecule has 2 aliphatic heterocycles. The standard InChI is InChI=1S/C27H36N4O22P2/c1-10(32)44-6-16(46-11(2)33)20-21(47-12(3)34)22(48-13(4)35)23(49-14(5)36)27(51-20)52-55(42,43)53-54(40,41)45-7-15-18(37)19(38)26(50-15)31-9-30-17-24(31)28-8-29-25(17)39/h8-9,15-16,18-23,26-27,37-38H,6-7H2,1-5H3,(H,40,41)(H,42,43)(H,28,29,39)/t15-,16-,18+,19+,20?,21-,22?,23?,26-,27+/m1/s1. The molecule has 4 heterocycles. The zero-order chi connectivity index (χ0) is 41.0. The molecular weight excluding hydrogens is 794 g/mol. The number of esters is 5. The molecule has 26 nitrogen and oxygen atoms in total. The van der Waals surface area contributed by atoms with E-state index in [0.29, 0.717) is 0 Å². The zero-order valence-electron chi connectivity index (χ0n) is 29.2. The van der Waals surface area contributed by atoms with Gasteiger partial charge in [-0.15, -0.1) is 0 Å². The molecule has 2 saturated heterocycles. The highest BCUT2D eigenvalue weighted by molar-refractivity contribution is 7.61. The second-order valence-electron chi connectivity index (χ2n) is 11.6. The number of imidazole rings is 1. The predicted octanol–water partition coefficient (Wildman–Crippen LogP) is -1.58. The molecule has 2 fully saturated rings. The van der Waals surface area contributed by atoms with Gasteiger partial charge in [0.05, 0.1) is 12.9 Å². The number of carbonyl (C=O) groups excluding carboxylic acids is 5. The van der Waals surface area contributed by atoms with Crippen LogP contribution in [-0.2, 0) is 79.6 Å². The van der Waals surface area contributed by atoms with Gasteiger partial charge < -0.3 is 58.3 Å². The van der Waals surface area contributed by atoms with Gasteiger partial charge in [-0.1, -0.05) is 0 Å². The Morgan fingerprint density at radius 1 is 0.818 bits per heavy atom. The van der Waals surface area contributed by atoms with Crippen molar-refractivity contribution in [3.8, 4) is 5.88 Å². The van der Waals surface area contributed by atoms with Crippen LogP contribution in [0.25, 0.3) is 11.2 Å². The average Bonchev–Trinajstić information content (AvgIpc) is 3.60. The number of hydrogen-bond donors (Lipinski definition) is 5. The summed E-state index contributed by atoms with van der Waals surface area (Å²) in [6.07, 6.45) is -16.6. The predicted molar refractivity (Wildman–Crippen MR) is 168 cm³/mol. The molecule has 0 spiro atoms. The average molecular weight is 831 g/mol. The maximum atomic E-state index is 13.2. The second kappa shape index (κ2) is 17.7. The van der Waals surface area contributed by atoms with Gasteiger partial charge in [0.15, 0.2) is 41.8 Å². The van der Waals surface area contributed by atoms with E-state index < -0.39 is 126 Å². The first-order chi connectivity index (χ1) is 25.6. The largest absolute Gasteiger partial charge is 0.492 e. The van der Waals surface area contributed by atoms with Crippen LogP contribution in [0.5, 0.6) is 5.88 Å². The Bertz CT molecular complexity index is 1860. The lowest BCUT2D eigenvalue weighted by atomic mass is 9.94. The lowest BCUT2D eigenvalue weighted by Gasteiger charge is -2.45. The van der Waals surface area contributed by atoms with Crippen molar-refractivity contribution in [1.29, 1.82) is 0 Å². The molecule has 0 saturated carbocycles. The zero-order valence-corrected chi connectivity index (χ0v) is 31.0. The SMILES string of the molecule is CC(=O)OC[C@@H](OC(C)=O)C1O[C@@H](OP(=O)(O)OP(=O)(O)OC[C@H]2O[C@@H](n3cnc4c(O)ncnc43)[C@@H](O)[C@H]2O)C(OC(C)=O)C(OC(C)=O)[C@@H]1OC(C)=O. The van der Waals surface area contributed by atoms with Crippen molar-refractivity contribution in [2.75, 3.05) is 13.2 Å². The van der Waals surface area contributed by atoms with Crippen LogP contribution in [0.4, 0.5) is 0 Å². The minimum absolute atomic E-state index is 0.0280. The Hall–Kier alpha value is -4.20. The van der Waals surface area contributed by atoms with Crippen LogP contribution in [0, 0.1) is 0 Å². The number of phosphoric ester groups is 2. The van der Waals surface area contributed by atoms with Gasteiger partial charge >= 0.3 is 45.5 Å². The molecule has 0 aliphatic carbocycles. The molecule has 2 aliphatic rings. The molecule has 2 aromatic rings. The molecule has 28 heteroatoms. The summed E-state index contributed by atoms with van der Waals surface area (Å²) in [6.45, 7) is 2.65. The van der Waals surface area contributed by atoms with Crippen LogP contribution in [0.3, 0.4) is 0 Å². The highest BCUT2D eigenvalue weighted by Gasteiger charge is 2.57. The van der Waals surface area contributed by atoms with E-state index in [2.05, 4.69) is 19.3 Å². The monoisotopic (exact) mass is 830 g/mol. The molecule has 0 amide bonds. The minimum Gasteiger partial charge on any atom is -0.492 e. The molecule has 0 aromatic carbocycles. The van der Waals surface area contributed by atoms with Crippen molar-refractivity contribution in [2.45, 2.75) is 96.0 Å². The summed E-state index contributed by atoms with van der Waals surface area (Å²) in [5.74, 6) is -5.71. The Morgan fingerprint density at radius 2 is 1.44 bits per heavy atom. The van der Waals surface area contributed by atoms with Crippen molar-refractivity contribution in [3.63, 3.8) is 0 Å². The number of fused-ring (bicyclic) bond motifs is 1. The number of aliphatic hydroxyl groups is 2. The number of aromatic nitrogens is 4. The van der Waals surface area contributed by atoms with Crippen LogP contribution < -0.4 is 0 Å². The van der Waals surface area contributed by atoms with Crippen molar-refractivity contribution in [3.05, 3.63) is 12.7 Å². The smallest absolute Gasteiger partial charge is 0.483 e. The molecule has 306 valence electrons. The Kier molecular flexibility index (Phi) is 14.0. The third-order valence-electron chi connectivity index (χ3n) is 7.37. The first kappa shape index (κ1) is 43.5. The Morgan fingerprint density at radius 3 is 2.04 bits per heavy atom. The molecule has 12 atom stereocenters. The molecule has 0 bridgehead atoms. The van der Waals surface area contributed by atoms with Gasteiger partial charge in [-0.2, -0.15) is 9.29 Å². The molecule has 2 aromatic heterocycles. The second-order valence-corrected chi connectivity index (χ2v) is 14.6. The molecule has 55 heavy (non-hydrogen) atoms. The third-order valence-corrected chi connectivity index (χ3v) is 9.97. The topological polar surface area (TPSA) is 357 Å². The van der Waals surface area contributed by atoms with Gasteiger partial charge in [0.25, 0.3) is 0 Å². The van der Waals surface area contributed by atoms with Gasteiger partial charge in [-0.3, -0.25) is 37.6 Å². The molecule has 5 N–H and O–H groups in total. The van der Waals surface area contributed by atoms with E-state index in [9.17, 15) is 58.2 Å². The van der Waals surface area contributed by atoms with Crippen molar-refractivity contribution in [1.82, 2.24) is 19.5 Å². The van der Waals surface area contributed by atoms with Gasteiger partial charge in [0.2, 0.25) is 12.2 Å². The van der Waals surface area contributed by atoms with Crippen LogP contribution in [0.1, 0.15) is 40.8 Å². The summed E-state index contributed by atoms with van der Waals surface area (Å²) in [5.41, 5.74) is -0.115. The molecule has 0 radical (unpaired) electrons. The molecule has 4 rings (SSSR count). The number of carbonyl (C=O) groups is 5. The quantitative estimate of drug-likeness (QED) is 0.0768. The van der Waals surface area contributed by atoms with E-state index in [-0.39, 0.29) is 11.2 Å². The summed E-state index contributed by atoms with van der Waals surface area (Å²) < 4.78 is 78.2. The fourth-order valence-electron chi connectivity index (χ4n) is 5.39. The summed E-state index contributed by atoms with van der Waals surface area (Å²) in [4.78, 5) is 92.5. The summed E-state index contributed by atoms with van der Waals surface area (Å²) in [7, 11) is -11.7. The Labute approximate surface area is 308 Å². The number of phosphoric acid groups is 2. The van der Waals surface area contributed by atoms with E-state index in [1.165, 1.54) is 0 Å². The van der Waals surface area contributed by atoms with Crippen molar-refractivity contribution in [2.24, 2.45) is 0 Å². The minimum atomic E-state index is -5.96. The number of hydrogen-bond acceptors (Lipinski definition) is 23. The maximum absolute atomic E-state index is 13.2. The van der Waals surface area contributed by atoms with E-state index >= 15 is 0 Å². The first-order valence-electron chi connectivity index (χ1n) is 15.6. The van der Waals surface area contributed by atoms with Crippen LogP contribution in [0.2, 0.25) is 0 Å². The van der Waals surface area contributed by atoms with E-state index in [1.54, 1.807) is 0 Å². The first-order valence-corrected chi connectivity index (χ1v) is 18.6. The van der Waals surface area contributed by atoms with Crippen LogP contribution >= 0.6 is 15.6 Å². The van der Waals surface area contributed by atoms with Gasteiger partial charge in [0, 0.05) is 34.6 Å². The summed E-state index contributed by atoms with van der Waals surface area (Å²) >= 11 is 0. The number of ether oxygens (including phenoxy) is 7. The van der Waals surface area contributed by atoms with Crippen molar-refractivity contribution >= 4 is 56.7 Å². The van der Waals surface area contributed by atoms with E-state index in [0.717, 1.165) is 51.8 Å². The number of nitrogens with zero attached hydrogens (tertiary/aromatic N) is 4. The van der Waals surface area contributed by atoms with E-state index in [1.807, 2.05) is 0 Å². The Balaban J connectivity index is 1.57. The fourth-order valence-corrected chi connectivity index (χ4v) is 7.54. The highest BCUT2D eigenvalue weighted by Crippen LogP contribution is 2.61. The lowest BCUT2D eigenvalue weighted by Crippen LogP contribution is -2.65. The van der Waals surface area contributed by atoms with E-state index in [4.69, 9.17) is 42.2 Å².